The number of rotatable bonds is 12. The zero-order valence-electron chi connectivity index (χ0n) is 21.6. The van der Waals surface area contributed by atoms with Gasteiger partial charge >= 0.3 is 0 Å². The van der Waals surface area contributed by atoms with Crippen LogP contribution in [0.25, 0.3) is 11.4 Å². The van der Waals surface area contributed by atoms with E-state index in [1.807, 2.05) is 77.7 Å². The maximum absolute atomic E-state index is 12.4. The molecule has 0 unspecified atom stereocenters. The molecule has 0 bridgehead atoms. The highest BCUT2D eigenvalue weighted by Gasteiger charge is 2.07. The first-order valence-electron chi connectivity index (χ1n) is 12.5. The first-order chi connectivity index (χ1) is 19.0. The molecule has 0 radical (unpaired) electrons. The lowest BCUT2D eigenvalue weighted by molar-refractivity contribution is -0.120. The molecule has 4 rings (SSSR count). The Balaban J connectivity index is 1.25. The average molecular weight is 527 g/mol. The first kappa shape index (κ1) is 27.4. The van der Waals surface area contributed by atoms with Crippen molar-refractivity contribution in [2.24, 2.45) is 10.2 Å². The van der Waals surface area contributed by atoms with Crippen molar-refractivity contribution < 1.29 is 15.0 Å². The van der Waals surface area contributed by atoms with Crippen LogP contribution < -0.4 is 10.2 Å². The Bertz CT molecular complexity index is 1350. The van der Waals surface area contributed by atoms with Crippen LogP contribution in [0.2, 0.25) is 0 Å². The van der Waals surface area contributed by atoms with Crippen LogP contribution in [0.5, 0.6) is 0 Å². The number of carbonyl (C=O) groups is 1. The topological polar surface area (TPSA) is 149 Å². The number of carbonyl (C=O) groups excluding carboxylic acids is 1. The lowest BCUT2D eigenvalue weighted by Crippen LogP contribution is -2.29. The number of aromatic nitrogens is 4. The predicted molar refractivity (Wildman–Crippen MR) is 147 cm³/mol. The maximum atomic E-state index is 12.4. The van der Waals surface area contributed by atoms with Gasteiger partial charge in [-0.05, 0) is 54.4 Å². The van der Waals surface area contributed by atoms with E-state index in [1.54, 1.807) is 6.92 Å². The molecule has 0 aliphatic rings. The fourth-order valence-electron chi connectivity index (χ4n) is 3.75. The summed E-state index contributed by atoms with van der Waals surface area (Å²) in [4.78, 5) is 14.3. The first-order valence-corrected chi connectivity index (χ1v) is 12.5. The Kier molecular flexibility index (Phi) is 9.70. The van der Waals surface area contributed by atoms with Crippen LogP contribution in [0, 0.1) is 6.92 Å². The molecule has 0 aliphatic heterocycles. The molecule has 4 aromatic rings. The van der Waals surface area contributed by atoms with Crippen molar-refractivity contribution in [1.29, 1.82) is 0 Å². The van der Waals surface area contributed by atoms with Crippen LogP contribution in [-0.2, 0) is 17.8 Å². The molecule has 0 spiro atoms. The second-order valence-electron chi connectivity index (χ2n) is 8.74. The predicted octanol–water partition coefficient (Wildman–Crippen LogP) is 3.31. The number of nitrogens with one attached hydrogen (secondary N) is 1. The fourth-order valence-corrected chi connectivity index (χ4v) is 3.75. The van der Waals surface area contributed by atoms with Gasteiger partial charge < -0.3 is 20.4 Å². The quantitative estimate of drug-likeness (QED) is 0.238. The second kappa shape index (κ2) is 13.8. The molecule has 11 nitrogen and oxygen atoms in total. The van der Waals surface area contributed by atoms with Crippen LogP contribution >= 0.6 is 0 Å². The molecule has 1 amide bonds. The SMILES string of the molecule is Cc1nnc(-c2ccc(CNC(=O)Cc3ccc(N=Nc4ccc(N(CCO)CCO)cc4)cc3)cc2)nn1. The van der Waals surface area contributed by atoms with Crippen molar-refractivity contribution in [3.05, 3.63) is 89.7 Å². The monoisotopic (exact) mass is 526 g/mol. The van der Waals surface area contributed by atoms with Gasteiger partial charge in [-0.2, -0.15) is 10.2 Å². The summed E-state index contributed by atoms with van der Waals surface area (Å²) in [6.07, 6.45) is 0.254. The zero-order chi connectivity index (χ0) is 27.5. The molecule has 3 aromatic carbocycles. The molecule has 0 atom stereocenters. The molecular weight excluding hydrogens is 496 g/mol. The number of azo groups is 1. The van der Waals surface area contributed by atoms with E-state index >= 15 is 0 Å². The molecule has 39 heavy (non-hydrogen) atoms. The Morgan fingerprint density at radius 1 is 0.769 bits per heavy atom. The van der Waals surface area contributed by atoms with Gasteiger partial charge in [0.25, 0.3) is 0 Å². The highest BCUT2D eigenvalue weighted by molar-refractivity contribution is 5.78. The molecule has 3 N–H and O–H groups in total. The van der Waals surface area contributed by atoms with Crippen LogP contribution in [-0.4, -0.2) is 62.8 Å². The molecule has 200 valence electrons. The average Bonchev–Trinajstić information content (AvgIpc) is 2.97. The van der Waals surface area contributed by atoms with Crippen LogP contribution in [0.1, 0.15) is 17.0 Å². The van der Waals surface area contributed by atoms with E-state index in [-0.39, 0.29) is 25.5 Å². The Hall–Kier alpha value is -4.61. The van der Waals surface area contributed by atoms with Crippen molar-refractivity contribution in [2.75, 3.05) is 31.2 Å². The third-order valence-electron chi connectivity index (χ3n) is 5.82. The molecule has 1 aromatic heterocycles. The minimum Gasteiger partial charge on any atom is -0.395 e. The minimum atomic E-state index is -0.0831. The van der Waals surface area contributed by atoms with E-state index < -0.39 is 0 Å². The molecule has 0 saturated heterocycles. The van der Waals surface area contributed by atoms with Gasteiger partial charge in [-0.3, -0.25) is 4.79 Å². The Morgan fingerprint density at radius 2 is 1.31 bits per heavy atom. The Morgan fingerprint density at radius 3 is 1.87 bits per heavy atom. The summed E-state index contributed by atoms with van der Waals surface area (Å²) in [5.41, 5.74) is 4.89. The summed E-state index contributed by atoms with van der Waals surface area (Å²) in [6.45, 7) is 3.04. The van der Waals surface area contributed by atoms with Crippen molar-refractivity contribution >= 4 is 23.0 Å². The lowest BCUT2D eigenvalue weighted by atomic mass is 10.1. The molecule has 0 fully saturated rings. The molecule has 1 heterocycles. The van der Waals surface area contributed by atoms with Gasteiger partial charge in [0.15, 0.2) is 5.82 Å². The van der Waals surface area contributed by atoms with Crippen LogP contribution in [0.3, 0.4) is 0 Å². The molecular formula is C28H30N8O3. The van der Waals surface area contributed by atoms with Crippen molar-refractivity contribution in [2.45, 2.75) is 19.9 Å². The minimum absolute atomic E-state index is 0.00851. The molecule has 0 saturated carbocycles. The van der Waals surface area contributed by atoms with Crippen molar-refractivity contribution in [3.8, 4) is 11.4 Å². The van der Waals surface area contributed by atoms with Gasteiger partial charge in [0.1, 0.15) is 0 Å². The van der Waals surface area contributed by atoms with E-state index in [0.717, 1.165) is 22.4 Å². The summed E-state index contributed by atoms with van der Waals surface area (Å²) >= 11 is 0. The maximum Gasteiger partial charge on any atom is 0.224 e. The highest BCUT2D eigenvalue weighted by Crippen LogP contribution is 2.22. The van der Waals surface area contributed by atoms with Crippen LogP contribution in [0.15, 0.2) is 83.0 Å². The smallest absolute Gasteiger partial charge is 0.224 e. The van der Waals surface area contributed by atoms with Gasteiger partial charge in [0, 0.05) is 30.9 Å². The van der Waals surface area contributed by atoms with Gasteiger partial charge in [-0.25, -0.2) is 0 Å². The number of benzene rings is 3. The zero-order valence-corrected chi connectivity index (χ0v) is 21.6. The van der Waals surface area contributed by atoms with Gasteiger partial charge in [-0.1, -0.05) is 36.4 Å². The number of nitrogens with zero attached hydrogens (tertiary/aromatic N) is 7. The largest absolute Gasteiger partial charge is 0.395 e. The van der Waals surface area contributed by atoms with E-state index in [1.165, 1.54) is 0 Å². The summed E-state index contributed by atoms with van der Waals surface area (Å²) in [6, 6.07) is 22.3. The summed E-state index contributed by atoms with van der Waals surface area (Å²) < 4.78 is 0. The number of hydrogen-bond acceptors (Lipinski definition) is 10. The molecule has 0 aliphatic carbocycles. The summed E-state index contributed by atoms with van der Waals surface area (Å²) in [5.74, 6) is 0.888. The highest BCUT2D eigenvalue weighted by atomic mass is 16.3. The standard InChI is InChI=1S/C28H30N8O3/c1-20-30-34-28(35-31-20)23-6-2-22(3-7-23)19-29-27(39)18-21-4-8-24(9-5-21)32-33-25-10-12-26(13-11-25)36(14-16-37)15-17-38/h2-13,37-38H,14-19H2,1H3,(H,29,39). The number of aryl methyl sites for hydroxylation is 1. The normalized spacial score (nSPS) is 11.1. The lowest BCUT2D eigenvalue weighted by Gasteiger charge is -2.22. The van der Waals surface area contributed by atoms with Crippen molar-refractivity contribution in [1.82, 2.24) is 25.7 Å². The van der Waals surface area contributed by atoms with E-state index in [0.29, 0.717) is 42.7 Å². The van der Waals surface area contributed by atoms with E-state index in [2.05, 4.69) is 35.9 Å². The number of anilines is 1. The summed E-state index contributed by atoms with van der Waals surface area (Å²) in [7, 11) is 0. The van der Waals surface area contributed by atoms with E-state index in [4.69, 9.17) is 0 Å². The van der Waals surface area contributed by atoms with Gasteiger partial charge in [-0.15, -0.1) is 20.4 Å². The fraction of sp³-hybridized carbons (Fsp3) is 0.250. The third-order valence-corrected chi connectivity index (χ3v) is 5.82. The number of aliphatic hydroxyl groups is 2. The number of aliphatic hydroxyl groups excluding tert-OH is 2. The van der Waals surface area contributed by atoms with Gasteiger partial charge in [0.2, 0.25) is 11.7 Å². The van der Waals surface area contributed by atoms with Gasteiger partial charge in [0.05, 0.1) is 31.0 Å². The summed E-state index contributed by atoms with van der Waals surface area (Å²) in [5, 5.41) is 45.8. The number of amides is 1. The third kappa shape index (κ3) is 8.19. The van der Waals surface area contributed by atoms with Crippen LogP contribution in [0.4, 0.5) is 17.1 Å². The molecule has 11 heteroatoms. The number of hydrogen-bond donors (Lipinski definition) is 3. The van der Waals surface area contributed by atoms with Crippen molar-refractivity contribution in [3.63, 3.8) is 0 Å². The van der Waals surface area contributed by atoms with E-state index in [9.17, 15) is 15.0 Å². The second-order valence-corrected chi connectivity index (χ2v) is 8.74. The Labute approximate surface area is 226 Å².